The lowest BCUT2D eigenvalue weighted by Crippen LogP contribution is -2.43. The molecule has 1 rings (SSSR count). The number of ether oxygens (including phenoxy) is 1. The minimum Gasteiger partial charge on any atom is -0.475 e. The maximum absolute atomic E-state index is 11.6. The number of aliphatic carboxylic acids is 1. The van der Waals surface area contributed by atoms with Crippen LogP contribution in [0.25, 0.3) is 0 Å². The van der Waals surface area contributed by atoms with E-state index in [0.717, 1.165) is 6.42 Å². The van der Waals surface area contributed by atoms with E-state index in [1.807, 2.05) is 13.8 Å². The summed E-state index contributed by atoms with van der Waals surface area (Å²) < 4.78 is 36.8. The Labute approximate surface area is 108 Å². The topological polar surface area (TPSA) is 92.9 Å². The minimum atomic E-state index is -5.08. The highest BCUT2D eigenvalue weighted by molar-refractivity contribution is 5.93. The number of alkyl halides is 3. The predicted molar refractivity (Wildman–Crippen MR) is 60.5 cm³/mol. The van der Waals surface area contributed by atoms with Crippen molar-refractivity contribution in [1.82, 2.24) is 0 Å². The van der Waals surface area contributed by atoms with Crippen LogP contribution in [-0.4, -0.2) is 41.3 Å². The SMILES string of the molecule is CC[C@H](C)[C@H](N)C(=O)[C@@]1(C)CO1.O=C(O)C(F)(F)F. The molecule has 0 aromatic rings. The van der Waals surface area contributed by atoms with Crippen LogP contribution in [0.4, 0.5) is 13.2 Å². The van der Waals surface area contributed by atoms with Crippen molar-refractivity contribution in [3.05, 3.63) is 0 Å². The number of rotatable bonds is 4. The number of hydrogen-bond acceptors (Lipinski definition) is 4. The van der Waals surface area contributed by atoms with Gasteiger partial charge >= 0.3 is 12.1 Å². The van der Waals surface area contributed by atoms with E-state index in [9.17, 15) is 18.0 Å². The van der Waals surface area contributed by atoms with Gasteiger partial charge in [0.2, 0.25) is 0 Å². The van der Waals surface area contributed by atoms with E-state index < -0.39 is 17.7 Å². The quantitative estimate of drug-likeness (QED) is 0.761. The number of nitrogens with two attached hydrogens (primary N) is 1. The fraction of sp³-hybridized carbons (Fsp3) is 0.818. The van der Waals surface area contributed by atoms with E-state index in [1.54, 1.807) is 6.92 Å². The van der Waals surface area contributed by atoms with E-state index in [4.69, 9.17) is 20.4 Å². The molecule has 1 heterocycles. The molecule has 0 bridgehead atoms. The molecule has 0 saturated carbocycles. The van der Waals surface area contributed by atoms with Crippen molar-refractivity contribution >= 4 is 11.8 Å². The number of Topliss-reactive ketones (excluding diaryl/α,β-unsaturated/α-hetero) is 1. The van der Waals surface area contributed by atoms with Gasteiger partial charge in [0.1, 0.15) is 5.60 Å². The van der Waals surface area contributed by atoms with Crippen LogP contribution in [0.2, 0.25) is 0 Å². The first-order chi connectivity index (χ1) is 8.45. The van der Waals surface area contributed by atoms with Gasteiger partial charge in [-0.1, -0.05) is 20.3 Å². The van der Waals surface area contributed by atoms with Crippen molar-refractivity contribution in [3.63, 3.8) is 0 Å². The molecule has 0 aromatic heterocycles. The van der Waals surface area contributed by atoms with Gasteiger partial charge in [0.05, 0.1) is 12.6 Å². The molecule has 0 spiro atoms. The van der Waals surface area contributed by atoms with Crippen LogP contribution in [0.5, 0.6) is 0 Å². The van der Waals surface area contributed by atoms with Gasteiger partial charge in [0, 0.05) is 0 Å². The smallest absolute Gasteiger partial charge is 0.475 e. The summed E-state index contributed by atoms with van der Waals surface area (Å²) in [7, 11) is 0. The first-order valence-corrected chi connectivity index (χ1v) is 5.69. The van der Waals surface area contributed by atoms with Crippen LogP contribution in [0, 0.1) is 5.92 Å². The zero-order valence-corrected chi connectivity index (χ0v) is 11.0. The van der Waals surface area contributed by atoms with Gasteiger partial charge in [0.25, 0.3) is 0 Å². The summed E-state index contributed by atoms with van der Waals surface area (Å²) in [5.74, 6) is -2.46. The van der Waals surface area contributed by atoms with Crippen molar-refractivity contribution in [2.45, 2.75) is 45.0 Å². The van der Waals surface area contributed by atoms with Crippen LogP contribution in [-0.2, 0) is 14.3 Å². The third kappa shape index (κ3) is 5.56. The van der Waals surface area contributed by atoms with E-state index in [2.05, 4.69) is 0 Å². The third-order valence-corrected chi connectivity index (χ3v) is 2.90. The van der Waals surface area contributed by atoms with Gasteiger partial charge in [-0.25, -0.2) is 4.79 Å². The zero-order chi connectivity index (χ0) is 15.4. The highest BCUT2D eigenvalue weighted by atomic mass is 19.4. The summed E-state index contributed by atoms with van der Waals surface area (Å²) in [5, 5.41) is 7.12. The monoisotopic (exact) mass is 285 g/mol. The number of carboxylic acids is 1. The Morgan fingerprint density at radius 2 is 1.84 bits per heavy atom. The van der Waals surface area contributed by atoms with Gasteiger partial charge in [-0.05, 0) is 12.8 Å². The second kappa shape index (κ2) is 6.33. The Morgan fingerprint density at radius 1 is 1.47 bits per heavy atom. The highest BCUT2D eigenvalue weighted by Gasteiger charge is 2.49. The van der Waals surface area contributed by atoms with E-state index >= 15 is 0 Å². The van der Waals surface area contributed by atoms with Gasteiger partial charge in [-0.2, -0.15) is 13.2 Å². The Morgan fingerprint density at radius 3 is 2.05 bits per heavy atom. The maximum atomic E-state index is 11.6. The minimum absolute atomic E-state index is 0.0526. The Balaban J connectivity index is 0.000000399. The third-order valence-electron chi connectivity index (χ3n) is 2.90. The molecule has 0 unspecified atom stereocenters. The first kappa shape index (κ1) is 17.8. The molecule has 0 amide bonds. The summed E-state index contributed by atoms with van der Waals surface area (Å²) in [6.07, 6.45) is -4.15. The fourth-order valence-electron chi connectivity index (χ4n) is 1.12. The van der Waals surface area contributed by atoms with Gasteiger partial charge < -0.3 is 15.6 Å². The Kier molecular flexibility index (Phi) is 5.95. The molecular weight excluding hydrogens is 267 g/mol. The summed E-state index contributed by atoms with van der Waals surface area (Å²) in [6.45, 7) is 6.37. The maximum Gasteiger partial charge on any atom is 0.490 e. The molecule has 8 heteroatoms. The number of hydrogen-bond donors (Lipinski definition) is 2. The molecule has 1 fully saturated rings. The molecule has 5 nitrogen and oxygen atoms in total. The summed E-state index contributed by atoms with van der Waals surface area (Å²) >= 11 is 0. The van der Waals surface area contributed by atoms with Crippen LogP contribution in [0.1, 0.15) is 27.2 Å². The van der Waals surface area contributed by atoms with Crippen molar-refractivity contribution in [3.8, 4) is 0 Å². The molecule has 0 aromatic carbocycles. The van der Waals surface area contributed by atoms with Crippen molar-refractivity contribution < 1.29 is 32.6 Å². The highest BCUT2D eigenvalue weighted by Crippen LogP contribution is 2.29. The molecule has 3 N–H and O–H groups in total. The van der Waals surface area contributed by atoms with Crippen molar-refractivity contribution in [1.29, 1.82) is 0 Å². The second-order valence-electron chi connectivity index (χ2n) is 4.60. The fourth-order valence-corrected chi connectivity index (χ4v) is 1.12. The van der Waals surface area contributed by atoms with Crippen molar-refractivity contribution in [2.24, 2.45) is 11.7 Å². The normalized spacial score (nSPS) is 24.8. The lowest BCUT2D eigenvalue weighted by Gasteiger charge is -2.18. The summed E-state index contributed by atoms with van der Waals surface area (Å²) in [4.78, 5) is 20.5. The predicted octanol–water partition coefficient (Wildman–Crippen LogP) is 1.35. The number of carbonyl (C=O) groups is 2. The number of carbonyl (C=O) groups excluding carboxylic acids is 1. The number of ketones is 1. The molecular formula is C11H18F3NO4. The zero-order valence-electron chi connectivity index (χ0n) is 11.0. The molecule has 0 aliphatic carbocycles. The molecule has 19 heavy (non-hydrogen) atoms. The van der Waals surface area contributed by atoms with Crippen LogP contribution >= 0.6 is 0 Å². The van der Waals surface area contributed by atoms with Crippen LogP contribution in [0.3, 0.4) is 0 Å². The van der Waals surface area contributed by atoms with Crippen LogP contribution in [0.15, 0.2) is 0 Å². The standard InChI is InChI=1S/C9H17NO2.C2HF3O2/c1-4-6(2)7(10)8(11)9(3)5-12-9;3-2(4,5)1(6)7/h6-7H,4-5,10H2,1-3H3;(H,6,7)/t6-,7-,9+;/m0./s1. The van der Waals surface area contributed by atoms with Crippen molar-refractivity contribution in [2.75, 3.05) is 6.61 Å². The second-order valence-corrected chi connectivity index (χ2v) is 4.60. The summed E-state index contributed by atoms with van der Waals surface area (Å²) in [5.41, 5.74) is 5.22. The molecule has 1 aliphatic rings. The van der Waals surface area contributed by atoms with Gasteiger partial charge in [-0.3, -0.25) is 4.79 Å². The largest absolute Gasteiger partial charge is 0.490 e. The lowest BCUT2D eigenvalue weighted by molar-refractivity contribution is -0.192. The Hall–Kier alpha value is -1.15. The number of carboxylic acid groups (broad SMARTS) is 1. The van der Waals surface area contributed by atoms with E-state index in [1.165, 1.54) is 0 Å². The average Bonchev–Trinajstić information content (AvgIpc) is 3.05. The van der Waals surface area contributed by atoms with Crippen LogP contribution < -0.4 is 5.73 Å². The molecule has 1 saturated heterocycles. The molecule has 3 atom stereocenters. The molecule has 1 aliphatic heterocycles. The van der Waals surface area contributed by atoms with E-state index in [-0.39, 0.29) is 17.7 Å². The molecule has 0 radical (unpaired) electrons. The molecule has 112 valence electrons. The van der Waals surface area contributed by atoms with E-state index in [0.29, 0.717) is 6.61 Å². The lowest BCUT2D eigenvalue weighted by atomic mass is 9.90. The summed E-state index contributed by atoms with van der Waals surface area (Å²) in [6, 6.07) is -0.359. The Bertz CT molecular complexity index is 339. The first-order valence-electron chi connectivity index (χ1n) is 5.69. The number of halogens is 3. The average molecular weight is 285 g/mol. The number of epoxide rings is 1. The van der Waals surface area contributed by atoms with Gasteiger partial charge in [-0.15, -0.1) is 0 Å². The van der Waals surface area contributed by atoms with Gasteiger partial charge in [0.15, 0.2) is 5.78 Å².